The molecule has 0 aromatic carbocycles. The molecule has 0 atom stereocenters. The summed E-state index contributed by atoms with van der Waals surface area (Å²) in [5, 5.41) is 8.31. The molecule has 0 unspecified atom stereocenters. The van der Waals surface area contributed by atoms with Crippen molar-refractivity contribution in [2.75, 3.05) is 33.2 Å². The molecule has 20 heavy (non-hydrogen) atoms. The van der Waals surface area contributed by atoms with Crippen LogP contribution in [0.3, 0.4) is 0 Å². The van der Waals surface area contributed by atoms with E-state index >= 15 is 0 Å². The first-order chi connectivity index (χ1) is 9.67. The smallest absolute Gasteiger partial charge is 0.321 e. The van der Waals surface area contributed by atoms with E-state index in [1.807, 2.05) is 0 Å². The van der Waals surface area contributed by atoms with Gasteiger partial charge in [0.1, 0.15) is 0 Å². The molecule has 0 bridgehead atoms. The van der Waals surface area contributed by atoms with Gasteiger partial charge in [-0.2, -0.15) is 0 Å². The van der Waals surface area contributed by atoms with Crippen LogP contribution >= 0.6 is 0 Å². The second-order valence-electron chi connectivity index (χ2n) is 5.84. The molecule has 114 valence electrons. The predicted molar refractivity (Wildman–Crippen MR) is 77.4 cm³/mol. The Morgan fingerprint density at radius 1 is 1.15 bits per heavy atom. The molecular weight excluding hydrogens is 256 g/mol. The SMILES string of the molecule is CNC(=O)NC(=O)CCN1CCC(NCC2CC2)CC1. The van der Waals surface area contributed by atoms with E-state index in [1.54, 1.807) is 0 Å². The molecule has 2 aliphatic rings. The Hall–Kier alpha value is -1.14. The van der Waals surface area contributed by atoms with Crippen LogP contribution in [-0.2, 0) is 4.79 Å². The Labute approximate surface area is 120 Å². The molecule has 3 amide bonds. The number of piperidine rings is 1. The van der Waals surface area contributed by atoms with Crippen molar-refractivity contribution in [1.29, 1.82) is 0 Å². The number of hydrogen-bond acceptors (Lipinski definition) is 4. The molecule has 0 spiro atoms. The Kier molecular flexibility index (Phi) is 5.79. The summed E-state index contributed by atoms with van der Waals surface area (Å²) in [6, 6.07) is 0.213. The number of imide groups is 1. The van der Waals surface area contributed by atoms with Crippen LogP contribution in [0.15, 0.2) is 0 Å². The maximum Gasteiger partial charge on any atom is 0.321 e. The normalized spacial score (nSPS) is 20.6. The Morgan fingerprint density at radius 3 is 2.45 bits per heavy atom. The van der Waals surface area contributed by atoms with Crippen LogP contribution in [0.2, 0.25) is 0 Å². The summed E-state index contributed by atoms with van der Waals surface area (Å²) in [5.41, 5.74) is 0. The minimum absolute atomic E-state index is 0.210. The largest absolute Gasteiger partial charge is 0.341 e. The standard InChI is InChI=1S/C14H26N4O2/c1-15-14(20)17-13(19)6-9-18-7-4-12(5-8-18)16-10-11-2-3-11/h11-12,16H,2-10H2,1H3,(H2,15,17,19,20). The van der Waals surface area contributed by atoms with E-state index in [0.717, 1.165) is 38.4 Å². The van der Waals surface area contributed by atoms with Crippen molar-refractivity contribution in [2.45, 2.75) is 38.1 Å². The lowest BCUT2D eigenvalue weighted by atomic mass is 10.0. The monoisotopic (exact) mass is 282 g/mol. The third-order valence-corrected chi connectivity index (χ3v) is 4.11. The van der Waals surface area contributed by atoms with E-state index < -0.39 is 6.03 Å². The summed E-state index contributed by atoms with van der Waals surface area (Å²) in [5.74, 6) is 0.722. The fourth-order valence-electron chi connectivity index (χ4n) is 2.53. The lowest BCUT2D eigenvalue weighted by molar-refractivity contribution is -0.120. The van der Waals surface area contributed by atoms with E-state index in [0.29, 0.717) is 12.5 Å². The molecule has 1 heterocycles. The number of hydrogen-bond donors (Lipinski definition) is 3. The van der Waals surface area contributed by atoms with Crippen molar-refractivity contribution in [1.82, 2.24) is 20.9 Å². The van der Waals surface area contributed by atoms with Crippen LogP contribution in [0.5, 0.6) is 0 Å². The third-order valence-electron chi connectivity index (χ3n) is 4.11. The van der Waals surface area contributed by atoms with Crippen LogP contribution < -0.4 is 16.0 Å². The van der Waals surface area contributed by atoms with Gasteiger partial charge in [0.15, 0.2) is 0 Å². The molecule has 0 aromatic rings. The number of carbonyl (C=O) groups excluding carboxylic acids is 2. The first-order valence-corrected chi connectivity index (χ1v) is 7.64. The summed E-state index contributed by atoms with van der Waals surface area (Å²) in [4.78, 5) is 24.8. The van der Waals surface area contributed by atoms with Gasteiger partial charge >= 0.3 is 6.03 Å². The van der Waals surface area contributed by atoms with Crippen LogP contribution in [0.25, 0.3) is 0 Å². The van der Waals surface area contributed by atoms with Gasteiger partial charge in [0.05, 0.1) is 0 Å². The number of urea groups is 1. The van der Waals surface area contributed by atoms with Crippen molar-refractivity contribution in [3.05, 3.63) is 0 Å². The molecule has 3 N–H and O–H groups in total. The van der Waals surface area contributed by atoms with Gasteiger partial charge in [-0.05, 0) is 51.2 Å². The van der Waals surface area contributed by atoms with E-state index in [2.05, 4.69) is 20.9 Å². The average molecular weight is 282 g/mol. The Bertz CT molecular complexity index is 336. The van der Waals surface area contributed by atoms with Gasteiger partial charge in [-0.15, -0.1) is 0 Å². The quantitative estimate of drug-likeness (QED) is 0.655. The molecule has 0 radical (unpaired) electrons. The van der Waals surface area contributed by atoms with Gasteiger partial charge in [-0.25, -0.2) is 4.79 Å². The van der Waals surface area contributed by atoms with Crippen molar-refractivity contribution >= 4 is 11.9 Å². The zero-order valence-corrected chi connectivity index (χ0v) is 12.3. The topological polar surface area (TPSA) is 73.5 Å². The molecule has 1 saturated heterocycles. The maximum absolute atomic E-state index is 11.5. The van der Waals surface area contributed by atoms with Gasteiger partial charge in [-0.1, -0.05) is 0 Å². The summed E-state index contributed by atoms with van der Waals surface area (Å²) in [7, 11) is 1.50. The first-order valence-electron chi connectivity index (χ1n) is 7.64. The molecule has 2 rings (SSSR count). The van der Waals surface area contributed by atoms with E-state index in [-0.39, 0.29) is 5.91 Å². The van der Waals surface area contributed by atoms with Crippen molar-refractivity contribution in [3.63, 3.8) is 0 Å². The van der Waals surface area contributed by atoms with Gasteiger partial charge in [0, 0.05) is 26.1 Å². The Balaban J connectivity index is 1.54. The highest BCUT2D eigenvalue weighted by Crippen LogP contribution is 2.28. The number of nitrogens with zero attached hydrogens (tertiary/aromatic N) is 1. The van der Waals surface area contributed by atoms with Gasteiger partial charge < -0.3 is 15.5 Å². The highest BCUT2D eigenvalue weighted by atomic mass is 16.2. The summed E-state index contributed by atoms with van der Waals surface area (Å²) < 4.78 is 0. The first kappa shape index (κ1) is 15.3. The molecule has 1 saturated carbocycles. The number of likely N-dealkylation sites (tertiary alicyclic amines) is 1. The third kappa shape index (κ3) is 5.46. The van der Waals surface area contributed by atoms with Crippen LogP contribution in [0.4, 0.5) is 4.79 Å². The molecule has 6 heteroatoms. The predicted octanol–water partition coefficient (Wildman–Crippen LogP) is 0.296. The van der Waals surface area contributed by atoms with Crippen molar-refractivity contribution < 1.29 is 9.59 Å². The zero-order valence-electron chi connectivity index (χ0n) is 12.3. The molecule has 1 aliphatic carbocycles. The van der Waals surface area contributed by atoms with Gasteiger partial charge in [-0.3, -0.25) is 10.1 Å². The van der Waals surface area contributed by atoms with E-state index in [4.69, 9.17) is 0 Å². The molecule has 0 aromatic heterocycles. The fraction of sp³-hybridized carbons (Fsp3) is 0.857. The highest BCUT2D eigenvalue weighted by molar-refractivity contribution is 5.94. The number of nitrogens with one attached hydrogen (secondary N) is 3. The summed E-state index contributed by atoms with van der Waals surface area (Å²) in [6.45, 7) is 3.99. The number of amides is 3. The maximum atomic E-state index is 11.5. The molecular formula is C14H26N4O2. The van der Waals surface area contributed by atoms with E-state index in [9.17, 15) is 9.59 Å². The molecule has 2 fully saturated rings. The summed E-state index contributed by atoms with van der Waals surface area (Å²) in [6.07, 6.45) is 5.49. The molecule has 6 nitrogen and oxygen atoms in total. The summed E-state index contributed by atoms with van der Waals surface area (Å²) >= 11 is 0. The van der Waals surface area contributed by atoms with Crippen molar-refractivity contribution in [2.24, 2.45) is 5.92 Å². The second kappa shape index (κ2) is 7.59. The molecule has 1 aliphatic heterocycles. The lowest BCUT2D eigenvalue weighted by Gasteiger charge is -2.32. The zero-order chi connectivity index (χ0) is 14.4. The van der Waals surface area contributed by atoms with Gasteiger partial charge in [0.2, 0.25) is 5.91 Å². The highest BCUT2D eigenvalue weighted by Gasteiger charge is 2.24. The number of carbonyl (C=O) groups is 2. The minimum atomic E-state index is -0.432. The lowest BCUT2D eigenvalue weighted by Crippen LogP contribution is -2.44. The number of rotatable bonds is 6. The van der Waals surface area contributed by atoms with Crippen LogP contribution in [0.1, 0.15) is 32.1 Å². The fourth-order valence-corrected chi connectivity index (χ4v) is 2.53. The minimum Gasteiger partial charge on any atom is -0.341 e. The van der Waals surface area contributed by atoms with Crippen molar-refractivity contribution in [3.8, 4) is 0 Å². The Morgan fingerprint density at radius 2 is 1.85 bits per heavy atom. The van der Waals surface area contributed by atoms with Crippen LogP contribution in [-0.4, -0.2) is 56.1 Å². The van der Waals surface area contributed by atoms with Crippen LogP contribution in [0, 0.1) is 5.92 Å². The van der Waals surface area contributed by atoms with E-state index in [1.165, 1.54) is 26.4 Å². The average Bonchev–Trinajstić information content (AvgIpc) is 3.28. The van der Waals surface area contributed by atoms with Gasteiger partial charge in [0.25, 0.3) is 0 Å². The second-order valence-corrected chi connectivity index (χ2v) is 5.84.